The average Bonchev–Trinajstić information content (AvgIpc) is 3.06. The van der Waals surface area contributed by atoms with Gasteiger partial charge in [0, 0.05) is 17.8 Å². The Labute approximate surface area is 166 Å². The van der Waals surface area contributed by atoms with Crippen LogP contribution in [0.3, 0.4) is 0 Å². The van der Waals surface area contributed by atoms with Crippen LogP contribution in [0.2, 0.25) is 0 Å². The van der Waals surface area contributed by atoms with Gasteiger partial charge >= 0.3 is 0 Å². The third-order valence-corrected chi connectivity index (χ3v) is 4.58. The van der Waals surface area contributed by atoms with Crippen molar-refractivity contribution in [3.63, 3.8) is 0 Å². The van der Waals surface area contributed by atoms with Crippen molar-refractivity contribution in [2.45, 2.75) is 18.3 Å². The summed E-state index contributed by atoms with van der Waals surface area (Å²) in [6.45, 7) is 3.56. The van der Waals surface area contributed by atoms with E-state index in [1.165, 1.54) is 18.3 Å². The summed E-state index contributed by atoms with van der Waals surface area (Å²) in [5, 5.41) is 15.2. The maximum atomic E-state index is 12.2. The normalized spacial score (nSPS) is 10.3. The van der Waals surface area contributed by atoms with Gasteiger partial charge in [0.2, 0.25) is 17.7 Å². The molecule has 0 aliphatic heterocycles. The van der Waals surface area contributed by atoms with E-state index in [1.54, 1.807) is 22.8 Å². The summed E-state index contributed by atoms with van der Waals surface area (Å²) in [4.78, 5) is 39.3. The minimum atomic E-state index is -0.544. The zero-order chi connectivity index (χ0) is 20.5. The molecule has 0 radical (unpaired) electrons. The van der Waals surface area contributed by atoms with Crippen LogP contribution < -0.4 is 16.4 Å². The second-order valence-corrected chi connectivity index (χ2v) is 6.59. The number of carbonyl (C=O) groups is 3. The molecule has 0 spiro atoms. The first-order valence-electron chi connectivity index (χ1n) is 8.30. The number of primary amides is 1. The van der Waals surface area contributed by atoms with Crippen LogP contribution >= 0.6 is 11.8 Å². The fourth-order valence-electron chi connectivity index (χ4n) is 2.23. The van der Waals surface area contributed by atoms with Crippen molar-refractivity contribution in [2.24, 2.45) is 5.73 Å². The number of nitrogens with zero attached hydrogens (tertiary/aromatic N) is 2. The molecule has 5 N–H and O–H groups in total. The molecule has 2 rings (SSSR count). The Morgan fingerprint density at radius 2 is 1.96 bits per heavy atom. The summed E-state index contributed by atoms with van der Waals surface area (Å²) in [7, 11) is 0. The van der Waals surface area contributed by atoms with E-state index in [9.17, 15) is 19.5 Å². The number of carbonyl (C=O) groups excluding carboxylic acids is 3. The third-order valence-electron chi connectivity index (χ3n) is 3.59. The molecule has 0 aliphatic carbocycles. The van der Waals surface area contributed by atoms with Gasteiger partial charge in [-0.15, -0.1) is 6.58 Å². The Morgan fingerprint density at radius 3 is 2.57 bits per heavy atom. The molecule has 1 aromatic carbocycles. The standard InChI is InChI=1S/C18H21N5O4S/c1-2-7-20-15(25)9-23-14(10-24)8-21-18(23)28-11-16(26)22-13-5-3-12(4-6-13)17(19)27/h2-6,8,24H,1,7,9-11H2,(H2,19,27)(H,20,25)(H,22,26). The number of benzene rings is 1. The maximum absolute atomic E-state index is 12.2. The highest BCUT2D eigenvalue weighted by Gasteiger charge is 2.15. The van der Waals surface area contributed by atoms with Gasteiger partial charge in [-0.2, -0.15) is 0 Å². The van der Waals surface area contributed by atoms with Crippen LogP contribution in [-0.4, -0.2) is 44.7 Å². The highest BCUT2D eigenvalue weighted by atomic mass is 32.2. The predicted octanol–water partition coefficient (Wildman–Crippen LogP) is 0.507. The van der Waals surface area contributed by atoms with Crippen LogP contribution in [0.15, 0.2) is 48.3 Å². The van der Waals surface area contributed by atoms with Crippen LogP contribution in [0, 0.1) is 0 Å². The molecule has 0 fully saturated rings. The number of nitrogens with one attached hydrogen (secondary N) is 2. The molecule has 1 heterocycles. The molecule has 2 aromatic rings. The molecule has 28 heavy (non-hydrogen) atoms. The van der Waals surface area contributed by atoms with E-state index in [0.717, 1.165) is 11.8 Å². The van der Waals surface area contributed by atoms with Gasteiger partial charge in [0.15, 0.2) is 5.16 Å². The van der Waals surface area contributed by atoms with Crippen molar-refractivity contribution in [1.82, 2.24) is 14.9 Å². The zero-order valence-electron chi connectivity index (χ0n) is 15.1. The zero-order valence-corrected chi connectivity index (χ0v) is 15.9. The van der Waals surface area contributed by atoms with Gasteiger partial charge in [-0.3, -0.25) is 14.4 Å². The number of imidazole rings is 1. The van der Waals surface area contributed by atoms with E-state index in [1.807, 2.05) is 0 Å². The minimum absolute atomic E-state index is 0.0255. The number of anilines is 1. The summed E-state index contributed by atoms with van der Waals surface area (Å²) in [6.07, 6.45) is 3.03. The molecule has 10 heteroatoms. The molecular weight excluding hydrogens is 382 g/mol. The smallest absolute Gasteiger partial charge is 0.248 e. The number of rotatable bonds is 10. The first-order valence-corrected chi connectivity index (χ1v) is 9.28. The lowest BCUT2D eigenvalue weighted by molar-refractivity contribution is -0.121. The lowest BCUT2D eigenvalue weighted by Crippen LogP contribution is -2.28. The van der Waals surface area contributed by atoms with Crippen molar-refractivity contribution in [1.29, 1.82) is 0 Å². The Kier molecular flexibility index (Phi) is 7.78. The van der Waals surface area contributed by atoms with Gasteiger partial charge in [0.1, 0.15) is 6.54 Å². The van der Waals surface area contributed by atoms with Crippen molar-refractivity contribution in [3.05, 3.63) is 54.4 Å². The third kappa shape index (κ3) is 5.96. The van der Waals surface area contributed by atoms with Crippen LogP contribution in [0.1, 0.15) is 16.1 Å². The van der Waals surface area contributed by atoms with Gasteiger partial charge in [0.25, 0.3) is 0 Å². The van der Waals surface area contributed by atoms with Crippen LogP contribution in [-0.2, 0) is 22.7 Å². The van der Waals surface area contributed by atoms with E-state index in [2.05, 4.69) is 22.2 Å². The average molecular weight is 403 g/mol. The van der Waals surface area contributed by atoms with Crippen molar-refractivity contribution in [2.75, 3.05) is 17.6 Å². The lowest BCUT2D eigenvalue weighted by Gasteiger charge is -2.10. The van der Waals surface area contributed by atoms with E-state index < -0.39 is 5.91 Å². The molecule has 0 saturated heterocycles. The van der Waals surface area contributed by atoms with Crippen LogP contribution in [0.4, 0.5) is 5.69 Å². The molecule has 3 amide bonds. The fourth-order valence-corrected chi connectivity index (χ4v) is 3.03. The summed E-state index contributed by atoms with van der Waals surface area (Å²) < 4.78 is 1.55. The molecule has 0 atom stereocenters. The quantitative estimate of drug-likeness (QED) is 0.337. The number of thioether (sulfide) groups is 1. The molecule has 0 aliphatic rings. The topological polar surface area (TPSA) is 139 Å². The summed E-state index contributed by atoms with van der Waals surface area (Å²) >= 11 is 1.14. The minimum Gasteiger partial charge on any atom is -0.390 e. The van der Waals surface area contributed by atoms with E-state index in [0.29, 0.717) is 28.6 Å². The van der Waals surface area contributed by atoms with Gasteiger partial charge in [-0.1, -0.05) is 17.8 Å². The number of hydrogen-bond acceptors (Lipinski definition) is 6. The fraction of sp³-hybridized carbons (Fsp3) is 0.222. The van der Waals surface area contributed by atoms with Crippen LogP contribution in [0.5, 0.6) is 0 Å². The van der Waals surface area contributed by atoms with Crippen molar-refractivity contribution >= 4 is 35.2 Å². The largest absolute Gasteiger partial charge is 0.390 e. The highest BCUT2D eigenvalue weighted by Crippen LogP contribution is 2.19. The maximum Gasteiger partial charge on any atom is 0.248 e. The Bertz CT molecular complexity index is 863. The molecule has 9 nitrogen and oxygen atoms in total. The van der Waals surface area contributed by atoms with Gasteiger partial charge < -0.3 is 26.0 Å². The number of aliphatic hydroxyl groups is 1. The second kappa shape index (κ2) is 10.3. The first-order chi connectivity index (χ1) is 13.4. The highest BCUT2D eigenvalue weighted by molar-refractivity contribution is 7.99. The van der Waals surface area contributed by atoms with Gasteiger partial charge in [-0.25, -0.2) is 4.98 Å². The second-order valence-electron chi connectivity index (χ2n) is 5.65. The number of amides is 3. The Balaban J connectivity index is 1.96. The predicted molar refractivity (Wildman–Crippen MR) is 106 cm³/mol. The molecule has 0 bridgehead atoms. The van der Waals surface area contributed by atoms with E-state index in [-0.39, 0.29) is 30.7 Å². The van der Waals surface area contributed by atoms with E-state index >= 15 is 0 Å². The number of aromatic nitrogens is 2. The Morgan fingerprint density at radius 1 is 1.25 bits per heavy atom. The molecule has 148 valence electrons. The summed E-state index contributed by atoms with van der Waals surface area (Å²) in [6, 6.07) is 6.20. The lowest BCUT2D eigenvalue weighted by atomic mass is 10.2. The molecular formula is C18H21N5O4S. The monoisotopic (exact) mass is 403 g/mol. The van der Waals surface area contributed by atoms with Crippen LogP contribution in [0.25, 0.3) is 0 Å². The van der Waals surface area contributed by atoms with Crippen molar-refractivity contribution in [3.8, 4) is 0 Å². The molecule has 1 aromatic heterocycles. The van der Waals surface area contributed by atoms with E-state index in [4.69, 9.17) is 5.73 Å². The van der Waals surface area contributed by atoms with Gasteiger partial charge in [0.05, 0.1) is 24.3 Å². The van der Waals surface area contributed by atoms with Gasteiger partial charge in [-0.05, 0) is 24.3 Å². The molecule has 0 unspecified atom stereocenters. The van der Waals surface area contributed by atoms with Crippen molar-refractivity contribution < 1.29 is 19.5 Å². The first kappa shape index (κ1) is 21.2. The summed E-state index contributed by atoms with van der Waals surface area (Å²) in [5.41, 5.74) is 6.52. The number of aliphatic hydroxyl groups excluding tert-OH is 1. The number of hydrogen-bond donors (Lipinski definition) is 4. The Hall–Kier alpha value is -3.11. The molecule has 0 saturated carbocycles. The SMILES string of the molecule is C=CCNC(=O)Cn1c(CO)cnc1SCC(=O)Nc1ccc(C(N)=O)cc1. The summed E-state index contributed by atoms with van der Waals surface area (Å²) in [5.74, 6) is -1.04. The number of nitrogens with two attached hydrogens (primary N) is 1.